The van der Waals surface area contributed by atoms with Gasteiger partial charge in [0.05, 0.1) is 32.9 Å². The summed E-state index contributed by atoms with van der Waals surface area (Å²) < 4.78 is 18.1. The zero-order valence-electron chi connectivity index (χ0n) is 22.8. The molecule has 0 bridgehead atoms. The number of nitrogens with one attached hydrogen (secondary N) is 2. The number of aromatic nitrogens is 4. The Morgan fingerprint density at radius 1 is 1.02 bits per heavy atom. The minimum absolute atomic E-state index is 0.0469. The molecular weight excluding hydrogens is 510 g/mol. The van der Waals surface area contributed by atoms with Crippen LogP contribution in [0.4, 0.5) is 17.5 Å². The van der Waals surface area contributed by atoms with Gasteiger partial charge in [-0.05, 0) is 42.7 Å². The summed E-state index contributed by atoms with van der Waals surface area (Å²) >= 11 is 0. The largest absolute Gasteiger partial charge is 0.493 e. The van der Waals surface area contributed by atoms with Crippen LogP contribution in [0.3, 0.4) is 0 Å². The van der Waals surface area contributed by atoms with E-state index < -0.39 is 0 Å². The molecule has 1 amide bonds. The van der Waals surface area contributed by atoms with Gasteiger partial charge in [0.25, 0.3) is 0 Å². The normalized spacial score (nSPS) is 14.9. The van der Waals surface area contributed by atoms with Gasteiger partial charge in [0, 0.05) is 56.0 Å². The second-order valence-corrected chi connectivity index (χ2v) is 9.40. The zero-order chi connectivity index (χ0) is 27.9. The van der Waals surface area contributed by atoms with E-state index in [4.69, 9.17) is 19.2 Å². The number of amides is 1. The van der Waals surface area contributed by atoms with Crippen molar-refractivity contribution >= 4 is 23.4 Å². The minimum atomic E-state index is -0.126. The molecule has 0 aliphatic carbocycles. The van der Waals surface area contributed by atoms with Crippen LogP contribution < -0.4 is 29.7 Å². The van der Waals surface area contributed by atoms with Gasteiger partial charge in [0.2, 0.25) is 17.6 Å². The zero-order valence-corrected chi connectivity index (χ0v) is 22.8. The smallest absolute Gasteiger partial charge is 0.229 e. The molecule has 4 aromatic rings. The fourth-order valence-electron chi connectivity index (χ4n) is 4.79. The Balaban J connectivity index is 1.21. The number of ether oxygens (including phenoxy) is 3. The molecule has 5 rings (SSSR count). The second-order valence-electron chi connectivity index (χ2n) is 9.40. The van der Waals surface area contributed by atoms with Crippen LogP contribution in [0.25, 0.3) is 5.69 Å². The van der Waals surface area contributed by atoms with E-state index in [1.165, 1.54) is 0 Å². The van der Waals surface area contributed by atoms with Crippen molar-refractivity contribution in [2.75, 3.05) is 44.6 Å². The molecule has 1 aliphatic rings. The van der Waals surface area contributed by atoms with Crippen molar-refractivity contribution in [3.05, 3.63) is 72.7 Å². The van der Waals surface area contributed by atoms with Gasteiger partial charge < -0.3 is 29.7 Å². The summed E-state index contributed by atoms with van der Waals surface area (Å²) in [7, 11) is 4.70. The SMILES string of the molecule is COc1cc(Nc2nccc(N3CCCC(C(=O)NCc4ccc(-n5cccn5)cc4)C3)n2)cc(OC)c1OC. The first-order valence-corrected chi connectivity index (χ1v) is 13.1. The van der Waals surface area contributed by atoms with Crippen molar-refractivity contribution in [1.29, 1.82) is 0 Å². The molecule has 0 saturated carbocycles. The van der Waals surface area contributed by atoms with E-state index >= 15 is 0 Å². The number of methoxy groups -OCH3 is 3. The Morgan fingerprint density at radius 2 is 1.80 bits per heavy atom. The lowest BCUT2D eigenvalue weighted by Crippen LogP contribution is -2.43. The third kappa shape index (κ3) is 6.09. The topological polar surface area (TPSA) is 116 Å². The van der Waals surface area contributed by atoms with Gasteiger partial charge in [-0.3, -0.25) is 4.79 Å². The first kappa shape index (κ1) is 26.8. The predicted molar refractivity (Wildman–Crippen MR) is 152 cm³/mol. The van der Waals surface area contributed by atoms with Crippen molar-refractivity contribution in [3.63, 3.8) is 0 Å². The highest BCUT2D eigenvalue weighted by atomic mass is 16.5. The van der Waals surface area contributed by atoms with Crippen LogP contribution in [0.1, 0.15) is 18.4 Å². The summed E-state index contributed by atoms with van der Waals surface area (Å²) in [6.45, 7) is 1.88. The standard InChI is InChI=1S/C29H33N7O4/c1-38-24-16-22(17-25(39-2)27(24)40-3)33-29-30-13-11-26(34-29)35-14-4-6-21(19-35)28(37)31-18-20-7-9-23(10-8-20)36-15-5-12-32-36/h5,7-13,15-17,21H,4,6,14,18-19H2,1-3H3,(H,31,37)(H,30,33,34). The number of piperidine rings is 1. The molecule has 208 valence electrons. The van der Waals surface area contributed by atoms with E-state index in [1.54, 1.807) is 50.5 Å². The Bertz CT molecular complexity index is 1400. The molecule has 2 aromatic heterocycles. The molecule has 11 nitrogen and oxygen atoms in total. The highest BCUT2D eigenvalue weighted by Gasteiger charge is 2.26. The van der Waals surface area contributed by atoms with Gasteiger partial charge in [0.1, 0.15) is 5.82 Å². The molecule has 1 aliphatic heterocycles. The van der Waals surface area contributed by atoms with Crippen LogP contribution in [0.5, 0.6) is 17.2 Å². The number of carbonyl (C=O) groups excluding carboxylic acids is 1. The molecule has 1 saturated heterocycles. The quantitative estimate of drug-likeness (QED) is 0.307. The van der Waals surface area contributed by atoms with E-state index in [1.807, 2.05) is 42.6 Å². The summed E-state index contributed by atoms with van der Waals surface area (Å²) in [5.74, 6) is 2.67. The third-order valence-corrected chi connectivity index (χ3v) is 6.85. The first-order chi connectivity index (χ1) is 19.6. The van der Waals surface area contributed by atoms with E-state index in [2.05, 4.69) is 25.6 Å². The molecule has 1 atom stereocenters. The van der Waals surface area contributed by atoms with E-state index in [9.17, 15) is 4.79 Å². The molecule has 11 heteroatoms. The molecule has 2 aromatic carbocycles. The maximum atomic E-state index is 13.1. The van der Waals surface area contributed by atoms with E-state index in [-0.39, 0.29) is 11.8 Å². The van der Waals surface area contributed by atoms with Gasteiger partial charge in [-0.2, -0.15) is 10.1 Å². The highest BCUT2D eigenvalue weighted by molar-refractivity contribution is 5.79. The molecule has 1 unspecified atom stereocenters. The average molecular weight is 544 g/mol. The fourth-order valence-corrected chi connectivity index (χ4v) is 4.79. The number of rotatable bonds is 10. The van der Waals surface area contributed by atoms with Crippen molar-refractivity contribution in [1.82, 2.24) is 25.1 Å². The Morgan fingerprint density at radius 3 is 2.48 bits per heavy atom. The van der Waals surface area contributed by atoms with Crippen LogP contribution in [0.15, 0.2) is 67.1 Å². The molecule has 2 N–H and O–H groups in total. The highest BCUT2D eigenvalue weighted by Crippen LogP contribution is 2.40. The van der Waals surface area contributed by atoms with Crippen LogP contribution in [0, 0.1) is 5.92 Å². The number of nitrogens with zero attached hydrogens (tertiary/aromatic N) is 5. The molecular formula is C29H33N7O4. The molecule has 0 radical (unpaired) electrons. The molecule has 3 heterocycles. The van der Waals surface area contributed by atoms with Crippen LogP contribution in [-0.4, -0.2) is 60.1 Å². The Hall–Kier alpha value is -4.80. The van der Waals surface area contributed by atoms with Crippen molar-refractivity contribution in [2.24, 2.45) is 5.92 Å². The summed E-state index contributed by atoms with van der Waals surface area (Å²) in [4.78, 5) is 24.3. The lowest BCUT2D eigenvalue weighted by Gasteiger charge is -2.33. The average Bonchev–Trinajstić information content (AvgIpc) is 3.55. The summed E-state index contributed by atoms with van der Waals surface area (Å²) in [6, 6.07) is 15.3. The van der Waals surface area contributed by atoms with Crippen molar-refractivity contribution in [2.45, 2.75) is 19.4 Å². The number of hydrogen-bond donors (Lipinski definition) is 2. The first-order valence-electron chi connectivity index (χ1n) is 13.1. The lowest BCUT2D eigenvalue weighted by atomic mass is 9.97. The fraction of sp³-hybridized carbons (Fsp3) is 0.310. The van der Waals surface area contributed by atoms with Crippen LogP contribution in [0.2, 0.25) is 0 Å². The lowest BCUT2D eigenvalue weighted by molar-refractivity contribution is -0.125. The maximum absolute atomic E-state index is 13.1. The summed E-state index contributed by atoms with van der Waals surface area (Å²) in [5, 5.41) is 10.6. The molecule has 0 spiro atoms. The monoisotopic (exact) mass is 543 g/mol. The molecule has 40 heavy (non-hydrogen) atoms. The van der Waals surface area contributed by atoms with Gasteiger partial charge >= 0.3 is 0 Å². The van der Waals surface area contributed by atoms with Gasteiger partial charge in [-0.1, -0.05) is 12.1 Å². The predicted octanol–water partition coefficient (Wildman–Crippen LogP) is 3.96. The minimum Gasteiger partial charge on any atom is -0.493 e. The van der Waals surface area contributed by atoms with Crippen molar-refractivity contribution in [3.8, 4) is 22.9 Å². The third-order valence-electron chi connectivity index (χ3n) is 6.85. The Labute approximate surface area is 233 Å². The van der Waals surface area contributed by atoms with Crippen LogP contribution in [-0.2, 0) is 11.3 Å². The number of carbonyl (C=O) groups is 1. The summed E-state index contributed by atoms with van der Waals surface area (Å²) in [6.07, 6.45) is 7.09. The van der Waals surface area contributed by atoms with E-state index in [0.717, 1.165) is 36.5 Å². The molecule has 1 fully saturated rings. The maximum Gasteiger partial charge on any atom is 0.229 e. The number of benzene rings is 2. The number of anilines is 3. The number of hydrogen-bond acceptors (Lipinski definition) is 9. The second kappa shape index (κ2) is 12.4. The van der Waals surface area contributed by atoms with Crippen molar-refractivity contribution < 1.29 is 19.0 Å². The van der Waals surface area contributed by atoms with Gasteiger partial charge in [-0.15, -0.1) is 0 Å². The summed E-state index contributed by atoms with van der Waals surface area (Å²) in [5.41, 5.74) is 2.71. The van der Waals surface area contributed by atoms with Gasteiger partial charge in [-0.25, -0.2) is 9.67 Å². The van der Waals surface area contributed by atoms with Crippen LogP contribution >= 0.6 is 0 Å². The van der Waals surface area contributed by atoms with Gasteiger partial charge in [0.15, 0.2) is 11.5 Å². The van der Waals surface area contributed by atoms with E-state index in [0.29, 0.717) is 42.0 Å². The Kier molecular flexibility index (Phi) is 8.29.